The number of aliphatic hydroxyl groups is 1. The Labute approximate surface area is 103 Å². The lowest BCUT2D eigenvalue weighted by Gasteiger charge is -2.35. The summed E-state index contributed by atoms with van der Waals surface area (Å²) in [6.45, 7) is 7.84. The molecule has 1 aliphatic heterocycles. The molecule has 0 radical (unpaired) electrons. The Morgan fingerprint density at radius 2 is 2.12 bits per heavy atom. The van der Waals surface area contributed by atoms with Crippen molar-refractivity contribution in [1.82, 2.24) is 4.98 Å². The summed E-state index contributed by atoms with van der Waals surface area (Å²) in [7, 11) is 0. The van der Waals surface area contributed by atoms with E-state index in [1.807, 2.05) is 26.0 Å². The fraction of sp³-hybridized carbons (Fsp3) is 0.615. The molecule has 2 heterocycles. The number of rotatable bonds is 1. The van der Waals surface area contributed by atoms with Crippen LogP contribution >= 0.6 is 0 Å². The summed E-state index contributed by atoms with van der Waals surface area (Å²) >= 11 is 0. The van der Waals surface area contributed by atoms with Crippen molar-refractivity contribution < 1.29 is 5.11 Å². The number of hydrogen-bond acceptors (Lipinski definition) is 4. The zero-order valence-corrected chi connectivity index (χ0v) is 10.9. The average molecular weight is 237 g/mol. The van der Waals surface area contributed by atoms with Crippen LogP contribution in [0.4, 0.5) is 11.5 Å². The Hall–Kier alpha value is -1.29. The molecule has 2 atom stereocenters. The van der Waals surface area contributed by atoms with Gasteiger partial charge in [-0.05, 0) is 24.5 Å². The van der Waals surface area contributed by atoms with Gasteiger partial charge in [0.15, 0.2) is 0 Å². The highest BCUT2D eigenvalue weighted by Gasteiger charge is 2.24. The number of piperidine rings is 1. The Kier molecular flexibility index (Phi) is 5.22. The second kappa shape index (κ2) is 6.45. The van der Waals surface area contributed by atoms with Gasteiger partial charge in [-0.2, -0.15) is 0 Å². The van der Waals surface area contributed by atoms with Crippen LogP contribution in [0.3, 0.4) is 0 Å². The first-order valence-corrected chi connectivity index (χ1v) is 6.31. The van der Waals surface area contributed by atoms with Gasteiger partial charge in [0.25, 0.3) is 0 Å². The van der Waals surface area contributed by atoms with E-state index in [-0.39, 0.29) is 6.10 Å². The van der Waals surface area contributed by atoms with Crippen molar-refractivity contribution in [3.05, 3.63) is 18.3 Å². The molecule has 2 rings (SSSR count). The van der Waals surface area contributed by atoms with Gasteiger partial charge in [-0.1, -0.05) is 20.8 Å². The van der Waals surface area contributed by atoms with Gasteiger partial charge in [0.1, 0.15) is 5.82 Å². The smallest absolute Gasteiger partial charge is 0.123 e. The predicted molar refractivity (Wildman–Crippen MR) is 72.0 cm³/mol. The predicted octanol–water partition coefficient (Wildman–Crippen LogP) is 1.90. The van der Waals surface area contributed by atoms with Gasteiger partial charge in [-0.3, -0.25) is 0 Å². The van der Waals surface area contributed by atoms with Crippen LogP contribution in [0.1, 0.15) is 27.2 Å². The monoisotopic (exact) mass is 237 g/mol. The minimum absolute atomic E-state index is 0.164. The normalized spacial score (nSPS) is 23.9. The summed E-state index contributed by atoms with van der Waals surface area (Å²) in [4.78, 5) is 6.31. The van der Waals surface area contributed by atoms with E-state index in [2.05, 4.69) is 16.8 Å². The number of nitrogens with zero attached hydrogens (tertiary/aromatic N) is 2. The third kappa shape index (κ3) is 3.60. The number of anilines is 2. The van der Waals surface area contributed by atoms with Crippen molar-refractivity contribution in [1.29, 1.82) is 0 Å². The van der Waals surface area contributed by atoms with Crippen LogP contribution in [0.25, 0.3) is 0 Å². The molecule has 1 saturated heterocycles. The van der Waals surface area contributed by atoms with E-state index in [1.165, 1.54) is 0 Å². The van der Waals surface area contributed by atoms with Crippen molar-refractivity contribution in [3.8, 4) is 0 Å². The molecule has 1 aliphatic rings. The van der Waals surface area contributed by atoms with Gasteiger partial charge >= 0.3 is 0 Å². The van der Waals surface area contributed by atoms with E-state index in [1.54, 1.807) is 6.20 Å². The highest BCUT2D eigenvalue weighted by molar-refractivity contribution is 5.48. The Morgan fingerprint density at radius 1 is 1.41 bits per heavy atom. The number of aromatic nitrogens is 1. The maximum Gasteiger partial charge on any atom is 0.123 e. The summed E-state index contributed by atoms with van der Waals surface area (Å²) in [5.41, 5.74) is 6.62. The molecule has 3 N–H and O–H groups in total. The van der Waals surface area contributed by atoms with Crippen molar-refractivity contribution in [2.24, 2.45) is 5.92 Å². The summed E-state index contributed by atoms with van der Waals surface area (Å²) in [6, 6.07) is 3.79. The van der Waals surface area contributed by atoms with Crippen LogP contribution in [0.2, 0.25) is 0 Å². The molecule has 2 unspecified atom stereocenters. The lowest BCUT2D eigenvalue weighted by atomic mass is 9.96. The summed E-state index contributed by atoms with van der Waals surface area (Å²) in [6.07, 6.45) is 2.45. The van der Waals surface area contributed by atoms with Gasteiger partial charge in [0, 0.05) is 13.1 Å². The maximum absolute atomic E-state index is 9.62. The fourth-order valence-electron chi connectivity index (χ4n) is 1.95. The van der Waals surface area contributed by atoms with E-state index in [4.69, 9.17) is 5.73 Å². The minimum atomic E-state index is -0.164. The molecule has 1 fully saturated rings. The Bertz CT molecular complexity index is 326. The van der Waals surface area contributed by atoms with E-state index >= 15 is 0 Å². The highest BCUT2D eigenvalue weighted by atomic mass is 16.3. The van der Waals surface area contributed by atoms with Crippen LogP contribution in [-0.2, 0) is 0 Å². The quantitative estimate of drug-likeness (QED) is 0.783. The third-order valence-corrected chi connectivity index (χ3v) is 3.00. The van der Waals surface area contributed by atoms with Gasteiger partial charge in [-0.25, -0.2) is 4.98 Å². The first-order valence-electron chi connectivity index (χ1n) is 6.31. The van der Waals surface area contributed by atoms with Crippen molar-refractivity contribution in [2.45, 2.75) is 33.3 Å². The lowest BCUT2D eigenvalue weighted by molar-refractivity contribution is 0.0971. The van der Waals surface area contributed by atoms with Crippen LogP contribution in [0, 0.1) is 5.92 Å². The second-order valence-corrected chi connectivity index (χ2v) is 4.22. The highest BCUT2D eigenvalue weighted by Crippen LogP contribution is 2.22. The molecule has 0 spiro atoms. The molecule has 17 heavy (non-hydrogen) atoms. The Balaban J connectivity index is 0.000000686. The summed E-state index contributed by atoms with van der Waals surface area (Å²) in [5.74, 6) is 0.861. The molecule has 0 aromatic carbocycles. The number of nitrogen functional groups attached to an aromatic ring is 1. The van der Waals surface area contributed by atoms with Gasteiger partial charge in [0.05, 0.1) is 18.0 Å². The van der Waals surface area contributed by atoms with Crippen molar-refractivity contribution in [3.63, 3.8) is 0 Å². The van der Waals surface area contributed by atoms with E-state index in [0.29, 0.717) is 11.7 Å². The first-order chi connectivity index (χ1) is 8.16. The minimum Gasteiger partial charge on any atom is -0.393 e. The Morgan fingerprint density at radius 3 is 2.65 bits per heavy atom. The van der Waals surface area contributed by atoms with E-state index < -0.39 is 0 Å². The number of pyridine rings is 1. The van der Waals surface area contributed by atoms with Crippen LogP contribution in [0.5, 0.6) is 0 Å². The number of aliphatic hydroxyl groups excluding tert-OH is 1. The van der Waals surface area contributed by atoms with Crippen molar-refractivity contribution >= 4 is 11.5 Å². The third-order valence-electron chi connectivity index (χ3n) is 3.00. The first kappa shape index (κ1) is 13.8. The molecule has 0 bridgehead atoms. The van der Waals surface area contributed by atoms with E-state index in [0.717, 1.165) is 25.2 Å². The summed E-state index contributed by atoms with van der Waals surface area (Å²) in [5, 5.41) is 9.62. The largest absolute Gasteiger partial charge is 0.393 e. The molecule has 0 aliphatic carbocycles. The van der Waals surface area contributed by atoms with Gasteiger partial charge < -0.3 is 15.7 Å². The SMILES string of the molecule is CC.CC1CN(c2ccc(N)nc2)CCC1O. The zero-order valence-electron chi connectivity index (χ0n) is 10.9. The van der Waals surface area contributed by atoms with Crippen molar-refractivity contribution in [2.75, 3.05) is 23.7 Å². The lowest BCUT2D eigenvalue weighted by Crippen LogP contribution is -2.41. The van der Waals surface area contributed by atoms with Gasteiger partial charge in [0.2, 0.25) is 0 Å². The van der Waals surface area contributed by atoms with Crippen LogP contribution in [0.15, 0.2) is 18.3 Å². The topological polar surface area (TPSA) is 62.4 Å². The molecule has 0 saturated carbocycles. The fourth-order valence-corrected chi connectivity index (χ4v) is 1.95. The van der Waals surface area contributed by atoms with Gasteiger partial charge in [-0.15, -0.1) is 0 Å². The molecule has 1 aromatic heterocycles. The molecule has 1 aromatic rings. The molecular formula is C13H23N3O. The zero-order chi connectivity index (χ0) is 12.8. The maximum atomic E-state index is 9.62. The van der Waals surface area contributed by atoms with E-state index in [9.17, 15) is 5.11 Å². The molecule has 4 nitrogen and oxygen atoms in total. The average Bonchev–Trinajstić information content (AvgIpc) is 2.36. The number of nitrogens with two attached hydrogens (primary N) is 1. The molecule has 4 heteroatoms. The molecule has 0 amide bonds. The molecular weight excluding hydrogens is 214 g/mol. The number of hydrogen-bond donors (Lipinski definition) is 2. The molecule has 96 valence electrons. The second-order valence-electron chi connectivity index (χ2n) is 4.22. The standard InChI is InChI=1S/C11H17N3O.C2H6/c1-8-7-14(5-4-10(8)15)9-2-3-11(12)13-6-9;1-2/h2-3,6,8,10,15H,4-5,7H2,1H3,(H2,12,13);1-2H3. The van der Waals surface area contributed by atoms with Crippen LogP contribution < -0.4 is 10.6 Å². The summed E-state index contributed by atoms with van der Waals surface area (Å²) < 4.78 is 0. The van der Waals surface area contributed by atoms with Crippen LogP contribution in [-0.4, -0.2) is 29.3 Å².